The molecule has 0 radical (unpaired) electrons. The number of oxime groups is 1. The Morgan fingerprint density at radius 2 is 2.10 bits per heavy atom. The molecule has 1 fully saturated rings. The summed E-state index contributed by atoms with van der Waals surface area (Å²) in [6.45, 7) is 0. The van der Waals surface area contributed by atoms with Gasteiger partial charge in [0.1, 0.15) is 6.04 Å². The Morgan fingerprint density at radius 1 is 1.33 bits per heavy atom. The van der Waals surface area contributed by atoms with Crippen molar-refractivity contribution < 1.29 is 19.5 Å². The van der Waals surface area contributed by atoms with Gasteiger partial charge >= 0.3 is 5.97 Å². The van der Waals surface area contributed by atoms with Crippen LogP contribution in [0.15, 0.2) is 35.5 Å². The second-order valence-corrected chi connectivity index (χ2v) is 5.86. The van der Waals surface area contributed by atoms with Crippen LogP contribution in [-0.4, -0.2) is 51.4 Å². The van der Waals surface area contributed by atoms with Crippen molar-refractivity contribution in [2.75, 3.05) is 11.6 Å². The van der Waals surface area contributed by atoms with E-state index in [1.54, 1.807) is 0 Å². The van der Waals surface area contributed by atoms with Gasteiger partial charge in [-0.25, -0.2) is 4.79 Å². The summed E-state index contributed by atoms with van der Waals surface area (Å²) in [4.78, 5) is 30.1. The number of amides is 1. The summed E-state index contributed by atoms with van der Waals surface area (Å²) < 4.78 is 0. The lowest BCUT2D eigenvalue weighted by Gasteiger charge is -2.22. The van der Waals surface area contributed by atoms with E-state index in [1.165, 1.54) is 16.7 Å². The summed E-state index contributed by atoms with van der Waals surface area (Å²) in [5, 5.41) is 13.1. The summed E-state index contributed by atoms with van der Waals surface area (Å²) in [5.41, 5.74) is 1.63. The number of carboxylic acid groups (broad SMARTS) is 1. The van der Waals surface area contributed by atoms with Gasteiger partial charge in [-0.1, -0.05) is 35.5 Å². The van der Waals surface area contributed by atoms with Crippen molar-refractivity contribution in [2.45, 2.75) is 18.6 Å². The minimum absolute atomic E-state index is 0.304. The molecule has 2 heterocycles. The molecule has 110 valence electrons. The van der Waals surface area contributed by atoms with Crippen LogP contribution in [0, 0.1) is 0 Å². The molecule has 0 saturated carbocycles. The van der Waals surface area contributed by atoms with Gasteiger partial charge in [-0.2, -0.15) is 0 Å². The zero-order valence-corrected chi connectivity index (χ0v) is 12.0. The quantitative estimate of drug-likeness (QED) is 0.906. The summed E-state index contributed by atoms with van der Waals surface area (Å²) in [7, 11) is 0. The topological polar surface area (TPSA) is 79.2 Å². The van der Waals surface area contributed by atoms with Gasteiger partial charge in [0.15, 0.2) is 0 Å². The smallest absolute Gasteiger partial charge is 0.327 e. The van der Waals surface area contributed by atoms with Gasteiger partial charge in [0.05, 0.1) is 11.6 Å². The second kappa shape index (κ2) is 5.77. The van der Waals surface area contributed by atoms with Crippen molar-refractivity contribution in [1.29, 1.82) is 0 Å². The maximum atomic E-state index is 12.4. The van der Waals surface area contributed by atoms with Crippen LogP contribution in [0.2, 0.25) is 0 Å². The Labute approximate surface area is 125 Å². The molecule has 7 heteroatoms. The fourth-order valence-corrected chi connectivity index (χ4v) is 3.52. The highest BCUT2D eigenvalue weighted by Crippen LogP contribution is 2.25. The number of carboxylic acids is 1. The van der Waals surface area contributed by atoms with Gasteiger partial charge in [-0.05, 0) is 5.56 Å². The molecule has 2 atom stereocenters. The lowest BCUT2D eigenvalue weighted by molar-refractivity contribution is -0.152. The lowest BCUT2D eigenvalue weighted by atomic mass is 10.0. The SMILES string of the molecule is O=C(O)C1CSCN1C(=O)C1CC(c2ccccc2)=NO1. The first-order valence-corrected chi connectivity index (χ1v) is 7.71. The van der Waals surface area contributed by atoms with Crippen molar-refractivity contribution in [3.63, 3.8) is 0 Å². The molecular weight excluding hydrogens is 292 g/mol. The maximum Gasteiger partial charge on any atom is 0.327 e. The molecule has 21 heavy (non-hydrogen) atoms. The summed E-state index contributed by atoms with van der Waals surface area (Å²) >= 11 is 1.43. The van der Waals surface area contributed by atoms with Crippen molar-refractivity contribution in [3.05, 3.63) is 35.9 Å². The molecule has 1 aromatic carbocycles. The van der Waals surface area contributed by atoms with Crippen LogP contribution in [0.25, 0.3) is 0 Å². The third-order valence-electron chi connectivity index (χ3n) is 3.50. The van der Waals surface area contributed by atoms with Gasteiger partial charge in [-0.15, -0.1) is 11.8 Å². The number of nitrogens with zero attached hydrogens (tertiary/aromatic N) is 2. The first-order chi connectivity index (χ1) is 10.2. The molecule has 0 bridgehead atoms. The van der Waals surface area contributed by atoms with E-state index in [0.29, 0.717) is 23.8 Å². The van der Waals surface area contributed by atoms with Crippen LogP contribution in [0.1, 0.15) is 12.0 Å². The highest BCUT2D eigenvalue weighted by molar-refractivity contribution is 7.99. The number of rotatable bonds is 3. The van der Waals surface area contributed by atoms with Crippen LogP contribution in [0.4, 0.5) is 0 Å². The number of aliphatic carboxylic acids is 1. The van der Waals surface area contributed by atoms with Crippen LogP contribution in [0.5, 0.6) is 0 Å². The van der Waals surface area contributed by atoms with Gasteiger partial charge in [0.25, 0.3) is 5.91 Å². The first-order valence-electron chi connectivity index (χ1n) is 6.56. The molecule has 0 aliphatic carbocycles. The molecule has 2 aliphatic rings. The molecule has 1 amide bonds. The molecule has 1 saturated heterocycles. The second-order valence-electron chi connectivity index (χ2n) is 4.86. The molecule has 0 aromatic heterocycles. The Morgan fingerprint density at radius 3 is 2.81 bits per heavy atom. The predicted octanol–water partition coefficient (Wildman–Crippen LogP) is 1.17. The van der Waals surface area contributed by atoms with Gasteiger partial charge in [0.2, 0.25) is 6.10 Å². The van der Waals surface area contributed by atoms with Crippen LogP contribution >= 0.6 is 11.8 Å². The third kappa shape index (κ3) is 2.73. The average molecular weight is 306 g/mol. The van der Waals surface area contributed by atoms with Crippen LogP contribution in [-0.2, 0) is 14.4 Å². The van der Waals surface area contributed by atoms with Crippen molar-refractivity contribution in [3.8, 4) is 0 Å². The number of benzene rings is 1. The number of hydrogen-bond acceptors (Lipinski definition) is 5. The maximum absolute atomic E-state index is 12.4. The standard InChI is InChI=1S/C14H14N2O4S/c17-13(16-8-21-7-11(16)14(18)19)12-6-10(15-20-12)9-4-2-1-3-5-9/h1-5,11-12H,6-8H2,(H,18,19). The fourth-order valence-electron chi connectivity index (χ4n) is 2.36. The summed E-state index contributed by atoms with van der Waals surface area (Å²) in [6, 6.07) is 8.73. The molecule has 2 unspecified atom stereocenters. The molecule has 2 aliphatic heterocycles. The monoisotopic (exact) mass is 306 g/mol. The molecule has 1 N–H and O–H groups in total. The van der Waals surface area contributed by atoms with Crippen molar-refractivity contribution in [1.82, 2.24) is 4.90 Å². The van der Waals surface area contributed by atoms with Crippen LogP contribution in [0.3, 0.4) is 0 Å². The van der Waals surface area contributed by atoms with Crippen molar-refractivity contribution in [2.24, 2.45) is 5.16 Å². The highest BCUT2D eigenvalue weighted by atomic mass is 32.2. The minimum Gasteiger partial charge on any atom is -0.480 e. The van der Waals surface area contributed by atoms with Gasteiger partial charge < -0.3 is 14.8 Å². The first kappa shape index (κ1) is 13.9. The molecule has 6 nitrogen and oxygen atoms in total. The lowest BCUT2D eigenvalue weighted by Crippen LogP contribution is -2.46. The van der Waals surface area contributed by atoms with E-state index < -0.39 is 18.1 Å². The number of hydrogen-bond donors (Lipinski definition) is 1. The Balaban J connectivity index is 1.67. The van der Waals surface area contributed by atoms with E-state index in [2.05, 4.69) is 5.16 Å². The molecular formula is C14H14N2O4S. The Kier molecular flexibility index (Phi) is 3.83. The zero-order valence-electron chi connectivity index (χ0n) is 11.1. The van der Waals surface area contributed by atoms with Crippen LogP contribution < -0.4 is 0 Å². The third-order valence-corrected chi connectivity index (χ3v) is 4.51. The van der Waals surface area contributed by atoms with E-state index in [-0.39, 0.29) is 5.91 Å². The molecule has 3 rings (SSSR count). The predicted molar refractivity (Wildman–Crippen MR) is 78.1 cm³/mol. The minimum atomic E-state index is -0.976. The molecule has 1 aromatic rings. The normalized spacial score (nSPS) is 24.6. The number of carbonyl (C=O) groups excluding carboxylic acids is 1. The largest absolute Gasteiger partial charge is 0.480 e. The average Bonchev–Trinajstić information content (AvgIpc) is 3.17. The van der Waals surface area contributed by atoms with E-state index in [1.807, 2.05) is 30.3 Å². The van der Waals surface area contributed by atoms with Gasteiger partial charge in [0, 0.05) is 12.2 Å². The van der Waals surface area contributed by atoms with Gasteiger partial charge in [-0.3, -0.25) is 4.79 Å². The number of thioether (sulfide) groups is 1. The van der Waals surface area contributed by atoms with E-state index in [9.17, 15) is 9.59 Å². The molecule has 0 spiro atoms. The Bertz CT molecular complexity index is 590. The van der Waals surface area contributed by atoms with Crippen molar-refractivity contribution >= 4 is 29.4 Å². The number of carbonyl (C=O) groups is 2. The zero-order chi connectivity index (χ0) is 14.8. The summed E-state index contributed by atoms with van der Waals surface area (Å²) in [5.74, 6) is -0.478. The highest BCUT2D eigenvalue weighted by Gasteiger charge is 2.40. The van der Waals surface area contributed by atoms with E-state index in [4.69, 9.17) is 9.94 Å². The Hall–Kier alpha value is -2.02. The van der Waals surface area contributed by atoms with E-state index in [0.717, 1.165) is 5.56 Å². The summed E-state index contributed by atoms with van der Waals surface area (Å²) in [6.07, 6.45) is -0.350. The fraction of sp³-hybridized carbons (Fsp3) is 0.357. The van der Waals surface area contributed by atoms with E-state index >= 15 is 0 Å².